The number of aromatic nitrogens is 2. The highest BCUT2D eigenvalue weighted by Crippen LogP contribution is 2.33. The molecule has 2 aromatic heterocycles. The zero-order chi connectivity index (χ0) is 16.0. The molecule has 0 aliphatic carbocycles. The molecule has 5 nitrogen and oxygen atoms in total. The van der Waals surface area contributed by atoms with Crippen LogP contribution in [0.5, 0.6) is 0 Å². The summed E-state index contributed by atoms with van der Waals surface area (Å²) in [6.45, 7) is 2.51. The summed E-state index contributed by atoms with van der Waals surface area (Å²) in [6.07, 6.45) is 3.26. The number of likely N-dealkylation sites (tertiary alicyclic amines) is 1. The molecule has 0 radical (unpaired) electrons. The van der Waals surface area contributed by atoms with Crippen molar-refractivity contribution in [3.05, 3.63) is 53.5 Å². The van der Waals surface area contributed by atoms with Crippen LogP contribution in [0.25, 0.3) is 11.0 Å². The van der Waals surface area contributed by atoms with Gasteiger partial charge in [0.25, 0.3) is 5.91 Å². The minimum atomic E-state index is -0.307. The predicted molar refractivity (Wildman–Crippen MR) is 82.5 cm³/mol. The van der Waals surface area contributed by atoms with E-state index in [2.05, 4.69) is 9.97 Å². The largest absolute Gasteiger partial charge is 0.459 e. The Kier molecular flexibility index (Phi) is 3.18. The number of carbonyl (C=O) groups excluding carboxylic acids is 1. The number of amides is 1. The Hall–Kier alpha value is -2.63. The molecule has 0 bridgehead atoms. The van der Waals surface area contributed by atoms with Crippen LogP contribution in [-0.2, 0) is 0 Å². The molecule has 1 aliphatic heterocycles. The molecule has 4 rings (SSSR count). The first-order valence-electron chi connectivity index (χ1n) is 7.64. The van der Waals surface area contributed by atoms with Gasteiger partial charge >= 0.3 is 0 Å². The minimum absolute atomic E-state index is 0.123. The molecule has 1 aliphatic rings. The molecule has 0 unspecified atom stereocenters. The summed E-state index contributed by atoms with van der Waals surface area (Å²) in [6, 6.07) is 6.09. The molecule has 23 heavy (non-hydrogen) atoms. The SMILES string of the molecule is Cc1ccoc1C(=O)N1CCC[C@H]1c1nc2ccc(F)cc2[nH]1. The number of nitrogens with one attached hydrogen (secondary N) is 1. The van der Waals surface area contributed by atoms with Gasteiger partial charge in [0.2, 0.25) is 0 Å². The number of aryl methyl sites for hydroxylation is 1. The van der Waals surface area contributed by atoms with E-state index < -0.39 is 0 Å². The predicted octanol–water partition coefficient (Wildman–Crippen LogP) is 3.58. The molecule has 3 aromatic rings. The highest BCUT2D eigenvalue weighted by Gasteiger charge is 2.34. The van der Waals surface area contributed by atoms with Crippen molar-refractivity contribution in [3.8, 4) is 0 Å². The van der Waals surface area contributed by atoms with Crippen LogP contribution < -0.4 is 0 Å². The standard InChI is InChI=1S/C17H16FN3O2/c1-10-6-8-23-15(10)17(22)21-7-2-3-14(21)16-19-12-5-4-11(18)9-13(12)20-16/h4-6,8-9,14H,2-3,7H2,1H3,(H,19,20)/t14-/m0/s1. The van der Waals surface area contributed by atoms with Gasteiger partial charge in [-0.1, -0.05) is 0 Å². The molecule has 1 fully saturated rings. The van der Waals surface area contributed by atoms with Gasteiger partial charge in [-0.05, 0) is 44.0 Å². The molecule has 1 aromatic carbocycles. The van der Waals surface area contributed by atoms with Crippen molar-refractivity contribution in [1.82, 2.24) is 14.9 Å². The highest BCUT2D eigenvalue weighted by atomic mass is 19.1. The fraction of sp³-hybridized carbons (Fsp3) is 0.294. The monoisotopic (exact) mass is 313 g/mol. The van der Waals surface area contributed by atoms with Crippen LogP contribution >= 0.6 is 0 Å². The van der Waals surface area contributed by atoms with Crippen LogP contribution in [-0.4, -0.2) is 27.3 Å². The van der Waals surface area contributed by atoms with E-state index in [-0.39, 0.29) is 17.8 Å². The minimum Gasteiger partial charge on any atom is -0.459 e. The van der Waals surface area contributed by atoms with Gasteiger partial charge in [-0.25, -0.2) is 9.37 Å². The van der Waals surface area contributed by atoms with E-state index in [0.29, 0.717) is 29.2 Å². The van der Waals surface area contributed by atoms with Gasteiger partial charge in [-0.15, -0.1) is 0 Å². The first-order chi connectivity index (χ1) is 11.1. The van der Waals surface area contributed by atoms with Gasteiger partial charge in [0.15, 0.2) is 5.76 Å². The number of benzene rings is 1. The molecule has 6 heteroatoms. The number of hydrogen-bond donors (Lipinski definition) is 1. The number of H-pyrrole nitrogens is 1. The maximum Gasteiger partial charge on any atom is 0.290 e. The molecule has 1 saturated heterocycles. The maximum atomic E-state index is 13.3. The Morgan fingerprint density at radius 3 is 3.09 bits per heavy atom. The number of nitrogens with zero attached hydrogens (tertiary/aromatic N) is 2. The Labute approximate surface area is 132 Å². The third-order valence-electron chi connectivity index (χ3n) is 4.35. The lowest BCUT2D eigenvalue weighted by molar-refractivity contribution is 0.0697. The molecular formula is C17H16FN3O2. The summed E-state index contributed by atoms with van der Waals surface area (Å²) in [5.41, 5.74) is 2.18. The maximum absolute atomic E-state index is 13.3. The third kappa shape index (κ3) is 2.30. The summed E-state index contributed by atoms with van der Waals surface area (Å²) in [5, 5.41) is 0. The van der Waals surface area contributed by atoms with Crippen LogP contribution in [0.2, 0.25) is 0 Å². The van der Waals surface area contributed by atoms with Crippen molar-refractivity contribution >= 4 is 16.9 Å². The fourth-order valence-electron chi connectivity index (χ4n) is 3.18. The van der Waals surface area contributed by atoms with Crippen LogP contribution in [0.15, 0.2) is 34.9 Å². The summed E-state index contributed by atoms with van der Waals surface area (Å²) >= 11 is 0. The third-order valence-corrected chi connectivity index (χ3v) is 4.35. The first kappa shape index (κ1) is 14.0. The zero-order valence-corrected chi connectivity index (χ0v) is 12.7. The molecular weight excluding hydrogens is 297 g/mol. The molecule has 1 amide bonds. The molecule has 0 spiro atoms. The number of furan rings is 1. The quantitative estimate of drug-likeness (QED) is 0.786. The van der Waals surface area contributed by atoms with E-state index in [1.807, 2.05) is 6.92 Å². The van der Waals surface area contributed by atoms with Gasteiger partial charge in [0, 0.05) is 12.1 Å². The topological polar surface area (TPSA) is 62.1 Å². The first-order valence-corrected chi connectivity index (χ1v) is 7.64. The van der Waals surface area contributed by atoms with Crippen molar-refractivity contribution in [1.29, 1.82) is 0 Å². The molecule has 0 saturated carbocycles. The Morgan fingerprint density at radius 1 is 1.43 bits per heavy atom. The van der Waals surface area contributed by atoms with E-state index in [0.717, 1.165) is 18.4 Å². The van der Waals surface area contributed by atoms with Crippen molar-refractivity contribution in [2.75, 3.05) is 6.54 Å². The lowest BCUT2D eigenvalue weighted by Gasteiger charge is -2.22. The number of halogens is 1. The Balaban J connectivity index is 1.69. The van der Waals surface area contributed by atoms with Crippen LogP contribution in [0.1, 0.15) is 40.8 Å². The van der Waals surface area contributed by atoms with E-state index in [1.165, 1.54) is 18.4 Å². The summed E-state index contributed by atoms with van der Waals surface area (Å²) < 4.78 is 18.7. The van der Waals surface area contributed by atoms with Gasteiger partial charge in [0.1, 0.15) is 11.6 Å². The average Bonchev–Trinajstić information content (AvgIpc) is 3.23. The number of carbonyl (C=O) groups is 1. The Morgan fingerprint density at radius 2 is 2.30 bits per heavy atom. The Bertz CT molecular complexity index is 883. The number of hydrogen-bond acceptors (Lipinski definition) is 3. The van der Waals surface area contributed by atoms with Crippen LogP contribution in [0, 0.1) is 12.7 Å². The van der Waals surface area contributed by atoms with Crippen LogP contribution in [0.4, 0.5) is 4.39 Å². The summed E-state index contributed by atoms with van der Waals surface area (Å²) in [4.78, 5) is 22.2. The molecule has 3 heterocycles. The number of rotatable bonds is 2. The second kappa shape index (κ2) is 5.22. The lowest BCUT2D eigenvalue weighted by atomic mass is 10.2. The van der Waals surface area contributed by atoms with E-state index in [4.69, 9.17) is 4.42 Å². The zero-order valence-electron chi connectivity index (χ0n) is 12.7. The average molecular weight is 313 g/mol. The smallest absolute Gasteiger partial charge is 0.290 e. The van der Waals surface area contributed by atoms with E-state index in [1.54, 1.807) is 17.0 Å². The van der Waals surface area contributed by atoms with E-state index in [9.17, 15) is 9.18 Å². The van der Waals surface area contributed by atoms with Gasteiger partial charge in [0.05, 0.1) is 23.3 Å². The van der Waals surface area contributed by atoms with Crippen molar-refractivity contribution in [2.45, 2.75) is 25.8 Å². The second-order valence-corrected chi connectivity index (χ2v) is 5.87. The fourth-order valence-corrected chi connectivity index (χ4v) is 3.18. The second-order valence-electron chi connectivity index (χ2n) is 5.87. The number of aromatic amines is 1. The van der Waals surface area contributed by atoms with Crippen molar-refractivity contribution in [3.63, 3.8) is 0 Å². The molecule has 1 atom stereocenters. The van der Waals surface area contributed by atoms with E-state index >= 15 is 0 Å². The normalized spacial score (nSPS) is 18.0. The van der Waals surface area contributed by atoms with Gasteiger partial charge < -0.3 is 14.3 Å². The summed E-state index contributed by atoms with van der Waals surface area (Å²) in [7, 11) is 0. The van der Waals surface area contributed by atoms with Crippen molar-refractivity contribution in [2.24, 2.45) is 0 Å². The van der Waals surface area contributed by atoms with Crippen molar-refractivity contribution < 1.29 is 13.6 Å². The lowest BCUT2D eigenvalue weighted by Crippen LogP contribution is -2.31. The van der Waals surface area contributed by atoms with Crippen LogP contribution in [0.3, 0.4) is 0 Å². The summed E-state index contributed by atoms with van der Waals surface area (Å²) in [5.74, 6) is 0.639. The van der Waals surface area contributed by atoms with Gasteiger partial charge in [-0.3, -0.25) is 4.79 Å². The number of imidazole rings is 1. The number of fused-ring (bicyclic) bond motifs is 1. The molecule has 118 valence electrons. The molecule has 1 N–H and O–H groups in total. The highest BCUT2D eigenvalue weighted by molar-refractivity contribution is 5.93. The van der Waals surface area contributed by atoms with Gasteiger partial charge in [-0.2, -0.15) is 0 Å².